The van der Waals surface area contributed by atoms with Crippen molar-refractivity contribution in [3.8, 4) is 0 Å². The van der Waals surface area contributed by atoms with Crippen LogP contribution in [0, 0.1) is 0 Å². The molecule has 0 aliphatic rings. The van der Waals surface area contributed by atoms with Crippen LogP contribution in [0.2, 0.25) is 0 Å². The molecule has 120 valence electrons. The van der Waals surface area contributed by atoms with Gasteiger partial charge in [0.15, 0.2) is 0 Å². The lowest BCUT2D eigenvalue weighted by Gasteiger charge is -2.23. The first-order valence-corrected chi connectivity index (χ1v) is 8.37. The molecule has 0 unspecified atom stereocenters. The molecular formula is C21H25NO. The Labute approximate surface area is 139 Å². The highest BCUT2D eigenvalue weighted by atomic mass is 16.2. The summed E-state index contributed by atoms with van der Waals surface area (Å²) in [5.74, 6) is 0.115. The predicted molar refractivity (Wildman–Crippen MR) is 97.9 cm³/mol. The van der Waals surface area contributed by atoms with E-state index in [9.17, 15) is 4.79 Å². The van der Waals surface area contributed by atoms with Crippen molar-refractivity contribution in [1.29, 1.82) is 0 Å². The molecule has 2 aromatic rings. The molecule has 0 bridgehead atoms. The lowest BCUT2D eigenvalue weighted by atomic mass is 10.0. The van der Waals surface area contributed by atoms with Gasteiger partial charge in [-0.1, -0.05) is 74.5 Å². The molecule has 0 saturated carbocycles. The lowest BCUT2D eigenvalue weighted by Crippen LogP contribution is -2.33. The van der Waals surface area contributed by atoms with E-state index in [2.05, 4.69) is 13.8 Å². The zero-order chi connectivity index (χ0) is 16.5. The van der Waals surface area contributed by atoms with Gasteiger partial charge in [-0.25, -0.2) is 0 Å². The van der Waals surface area contributed by atoms with Crippen molar-refractivity contribution in [3.63, 3.8) is 0 Å². The van der Waals surface area contributed by atoms with Gasteiger partial charge in [0.2, 0.25) is 0 Å². The average molecular weight is 307 g/mol. The molecule has 0 aromatic heterocycles. The Hall–Kier alpha value is -2.35. The van der Waals surface area contributed by atoms with Crippen molar-refractivity contribution in [2.45, 2.75) is 26.7 Å². The van der Waals surface area contributed by atoms with E-state index < -0.39 is 0 Å². The summed E-state index contributed by atoms with van der Waals surface area (Å²) in [6.07, 6.45) is 3.94. The summed E-state index contributed by atoms with van der Waals surface area (Å²) < 4.78 is 0. The van der Waals surface area contributed by atoms with Crippen LogP contribution < -0.4 is 0 Å². The van der Waals surface area contributed by atoms with E-state index in [-0.39, 0.29) is 5.91 Å². The van der Waals surface area contributed by atoms with Gasteiger partial charge in [-0.15, -0.1) is 0 Å². The maximum absolute atomic E-state index is 13.1. The Morgan fingerprint density at radius 3 is 1.91 bits per heavy atom. The molecule has 2 nitrogen and oxygen atoms in total. The largest absolute Gasteiger partial charge is 0.339 e. The fourth-order valence-corrected chi connectivity index (χ4v) is 2.63. The van der Waals surface area contributed by atoms with Crippen LogP contribution in [0.3, 0.4) is 0 Å². The van der Waals surface area contributed by atoms with Crippen molar-refractivity contribution >= 4 is 17.6 Å². The number of amides is 1. The van der Waals surface area contributed by atoms with Crippen LogP contribution >= 0.6 is 0 Å². The number of carbonyl (C=O) groups is 1. The third-order valence-electron chi connectivity index (χ3n) is 3.70. The number of benzene rings is 2. The van der Waals surface area contributed by atoms with Gasteiger partial charge in [0.25, 0.3) is 5.91 Å². The molecule has 23 heavy (non-hydrogen) atoms. The number of hydrogen-bond donors (Lipinski definition) is 0. The van der Waals surface area contributed by atoms with Crippen LogP contribution in [-0.2, 0) is 4.79 Å². The van der Waals surface area contributed by atoms with Crippen LogP contribution in [0.1, 0.15) is 37.8 Å². The van der Waals surface area contributed by atoms with Crippen molar-refractivity contribution in [2.24, 2.45) is 0 Å². The zero-order valence-corrected chi connectivity index (χ0v) is 14.0. The van der Waals surface area contributed by atoms with Crippen molar-refractivity contribution in [2.75, 3.05) is 13.1 Å². The van der Waals surface area contributed by atoms with E-state index >= 15 is 0 Å². The first-order valence-electron chi connectivity index (χ1n) is 8.37. The summed E-state index contributed by atoms with van der Waals surface area (Å²) in [6.45, 7) is 5.81. The third-order valence-corrected chi connectivity index (χ3v) is 3.70. The van der Waals surface area contributed by atoms with Gasteiger partial charge < -0.3 is 4.90 Å². The van der Waals surface area contributed by atoms with Crippen LogP contribution in [0.15, 0.2) is 60.7 Å². The number of hydrogen-bond acceptors (Lipinski definition) is 1. The first kappa shape index (κ1) is 17.0. The maximum Gasteiger partial charge on any atom is 0.254 e. The van der Waals surface area contributed by atoms with Crippen LogP contribution in [0.4, 0.5) is 0 Å². The van der Waals surface area contributed by atoms with Crippen LogP contribution in [0.25, 0.3) is 11.6 Å². The second-order valence-electron chi connectivity index (χ2n) is 5.63. The van der Waals surface area contributed by atoms with E-state index in [1.165, 1.54) is 0 Å². The molecule has 0 saturated heterocycles. The van der Waals surface area contributed by atoms with Crippen molar-refractivity contribution in [1.82, 2.24) is 4.90 Å². The van der Waals surface area contributed by atoms with Gasteiger partial charge in [0.05, 0.1) is 0 Å². The van der Waals surface area contributed by atoms with Gasteiger partial charge in [0, 0.05) is 18.7 Å². The van der Waals surface area contributed by atoms with Crippen molar-refractivity contribution < 1.29 is 4.79 Å². The zero-order valence-electron chi connectivity index (χ0n) is 14.0. The summed E-state index contributed by atoms with van der Waals surface area (Å²) >= 11 is 0. The Kier molecular flexibility index (Phi) is 6.61. The summed E-state index contributed by atoms with van der Waals surface area (Å²) in [6, 6.07) is 20.0. The van der Waals surface area contributed by atoms with E-state index in [4.69, 9.17) is 0 Å². The molecule has 0 fully saturated rings. The molecule has 0 heterocycles. The Morgan fingerprint density at radius 2 is 1.39 bits per heavy atom. The minimum absolute atomic E-state index is 0.115. The third kappa shape index (κ3) is 4.82. The molecule has 0 N–H and O–H groups in total. The monoisotopic (exact) mass is 307 g/mol. The molecule has 0 radical (unpaired) electrons. The fraction of sp³-hybridized carbons (Fsp3) is 0.286. The maximum atomic E-state index is 13.1. The van der Waals surface area contributed by atoms with E-state index in [1.54, 1.807) is 0 Å². The average Bonchev–Trinajstić information content (AvgIpc) is 2.60. The Bertz CT molecular complexity index is 625. The Balaban J connectivity index is 2.41. The standard InChI is InChI=1S/C21H25NO/c1-3-15-22(16-4-2)21(23)20(19-13-9-6-10-14-19)17-18-11-7-5-8-12-18/h5-14,17H,3-4,15-16H2,1-2H3/b20-17-. The fourth-order valence-electron chi connectivity index (χ4n) is 2.63. The van der Waals surface area contributed by atoms with Gasteiger partial charge in [-0.3, -0.25) is 4.79 Å². The minimum Gasteiger partial charge on any atom is -0.339 e. The lowest BCUT2D eigenvalue weighted by molar-refractivity contribution is -0.125. The molecule has 0 aliphatic carbocycles. The first-order chi connectivity index (χ1) is 11.3. The molecule has 0 aliphatic heterocycles. The van der Waals surface area contributed by atoms with Crippen LogP contribution in [0.5, 0.6) is 0 Å². The van der Waals surface area contributed by atoms with E-state index in [1.807, 2.05) is 71.6 Å². The smallest absolute Gasteiger partial charge is 0.254 e. The molecule has 2 rings (SSSR count). The molecule has 0 spiro atoms. The van der Waals surface area contributed by atoms with E-state index in [0.29, 0.717) is 0 Å². The second kappa shape index (κ2) is 8.94. The second-order valence-corrected chi connectivity index (χ2v) is 5.63. The van der Waals surface area contributed by atoms with Gasteiger partial charge in [-0.2, -0.15) is 0 Å². The number of nitrogens with zero attached hydrogens (tertiary/aromatic N) is 1. The summed E-state index contributed by atoms with van der Waals surface area (Å²) in [4.78, 5) is 15.0. The van der Waals surface area contributed by atoms with E-state index in [0.717, 1.165) is 42.6 Å². The number of rotatable bonds is 7. The summed E-state index contributed by atoms with van der Waals surface area (Å²) in [5, 5.41) is 0. The summed E-state index contributed by atoms with van der Waals surface area (Å²) in [7, 11) is 0. The minimum atomic E-state index is 0.115. The van der Waals surface area contributed by atoms with Gasteiger partial charge in [-0.05, 0) is 30.0 Å². The Morgan fingerprint density at radius 1 is 0.870 bits per heavy atom. The predicted octanol–water partition coefficient (Wildman–Crippen LogP) is 4.88. The number of carbonyl (C=O) groups excluding carboxylic acids is 1. The molecule has 1 amide bonds. The SMILES string of the molecule is CCCN(CCC)C(=O)/C(=C\c1ccccc1)c1ccccc1. The topological polar surface area (TPSA) is 20.3 Å². The van der Waals surface area contributed by atoms with Gasteiger partial charge in [0.1, 0.15) is 0 Å². The quantitative estimate of drug-likeness (QED) is 0.527. The highest BCUT2D eigenvalue weighted by molar-refractivity contribution is 6.24. The molecule has 2 aromatic carbocycles. The molecule has 2 heteroatoms. The summed E-state index contributed by atoms with van der Waals surface area (Å²) in [5.41, 5.74) is 2.78. The highest BCUT2D eigenvalue weighted by Gasteiger charge is 2.18. The molecule has 0 atom stereocenters. The molecular weight excluding hydrogens is 282 g/mol. The highest BCUT2D eigenvalue weighted by Crippen LogP contribution is 2.21. The van der Waals surface area contributed by atoms with Crippen LogP contribution in [-0.4, -0.2) is 23.9 Å². The van der Waals surface area contributed by atoms with Crippen molar-refractivity contribution in [3.05, 3.63) is 71.8 Å². The normalized spacial score (nSPS) is 11.3. The van der Waals surface area contributed by atoms with Gasteiger partial charge >= 0.3 is 0 Å².